The van der Waals surface area contributed by atoms with Crippen LogP contribution in [-0.2, 0) is 10.3 Å². The average Bonchev–Trinajstić information content (AvgIpc) is 2.17. The highest BCUT2D eigenvalue weighted by atomic mass is 16.6. The van der Waals surface area contributed by atoms with Crippen LogP contribution < -0.4 is 11.1 Å². The maximum Gasteiger partial charge on any atom is 0.408 e. The number of ether oxygens (including phenoxy) is 1. The third-order valence-electron chi connectivity index (χ3n) is 2.56. The summed E-state index contributed by atoms with van der Waals surface area (Å²) in [6.45, 7) is 9.08. The first-order valence-corrected chi connectivity index (χ1v) is 6.11. The predicted molar refractivity (Wildman–Crippen MR) is 74.9 cm³/mol. The molecule has 1 amide bonds. The Labute approximate surface area is 113 Å². The summed E-state index contributed by atoms with van der Waals surface area (Å²) in [6, 6.07) is 4.85. The van der Waals surface area contributed by atoms with Gasteiger partial charge in [0.05, 0.1) is 11.2 Å². The van der Waals surface area contributed by atoms with Gasteiger partial charge in [0.25, 0.3) is 0 Å². The van der Waals surface area contributed by atoms with E-state index in [-0.39, 0.29) is 11.4 Å². The lowest BCUT2D eigenvalue weighted by Crippen LogP contribution is -2.43. The molecule has 4 N–H and O–H groups in total. The van der Waals surface area contributed by atoms with Crippen LogP contribution in [-0.4, -0.2) is 16.8 Å². The van der Waals surface area contributed by atoms with Crippen molar-refractivity contribution in [1.82, 2.24) is 5.32 Å². The Hall–Kier alpha value is -1.91. The minimum atomic E-state index is -0.649. The Bertz CT molecular complexity index is 476. The van der Waals surface area contributed by atoms with E-state index in [1.54, 1.807) is 32.9 Å². The van der Waals surface area contributed by atoms with Crippen molar-refractivity contribution in [1.29, 1.82) is 0 Å². The maximum absolute atomic E-state index is 11.8. The van der Waals surface area contributed by atoms with Gasteiger partial charge in [-0.2, -0.15) is 0 Å². The number of carbonyl (C=O) groups excluding carboxylic acids is 1. The van der Waals surface area contributed by atoms with Gasteiger partial charge in [-0.05, 0) is 52.3 Å². The van der Waals surface area contributed by atoms with E-state index in [0.717, 1.165) is 5.56 Å². The van der Waals surface area contributed by atoms with Crippen molar-refractivity contribution in [3.63, 3.8) is 0 Å². The number of amides is 1. The van der Waals surface area contributed by atoms with Crippen LogP contribution in [0.25, 0.3) is 0 Å². The molecule has 0 radical (unpaired) electrons. The van der Waals surface area contributed by atoms with Crippen LogP contribution in [0, 0.1) is 0 Å². The first-order valence-electron chi connectivity index (χ1n) is 6.11. The summed E-state index contributed by atoms with van der Waals surface area (Å²) in [5.41, 5.74) is 5.52. The van der Waals surface area contributed by atoms with Crippen molar-refractivity contribution in [3.05, 3.63) is 23.8 Å². The number of rotatable bonds is 2. The number of phenols is 1. The van der Waals surface area contributed by atoms with E-state index < -0.39 is 17.2 Å². The van der Waals surface area contributed by atoms with E-state index in [2.05, 4.69) is 5.32 Å². The smallest absolute Gasteiger partial charge is 0.408 e. The number of nitrogens with two attached hydrogens (primary N) is 1. The molecular formula is C14H22N2O3. The van der Waals surface area contributed by atoms with Crippen LogP contribution in [0.5, 0.6) is 5.75 Å². The Balaban J connectivity index is 2.86. The monoisotopic (exact) mass is 266 g/mol. The second kappa shape index (κ2) is 4.99. The SMILES string of the molecule is CC(C)(C)OC(=O)NC(C)(C)c1ccc(O)c(N)c1. The molecular weight excluding hydrogens is 244 g/mol. The molecule has 1 rings (SSSR count). The lowest BCUT2D eigenvalue weighted by molar-refractivity contribution is 0.0470. The number of benzene rings is 1. The summed E-state index contributed by atoms with van der Waals surface area (Å²) < 4.78 is 5.22. The summed E-state index contributed by atoms with van der Waals surface area (Å²) in [6.07, 6.45) is -0.496. The summed E-state index contributed by atoms with van der Waals surface area (Å²) in [5, 5.41) is 12.2. The van der Waals surface area contributed by atoms with Gasteiger partial charge in [-0.25, -0.2) is 4.79 Å². The number of aromatic hydroxyl groups is 1. The summed E-state index contributed by atoms with van der Waals surface area (Å²) in [7, 11) is 0. The third-order valence-corrected chi connectivity index (χ3v) is 2.56. The number of nitrogens with one attached hydrogen (secondary N) is 1. The van der Waals surface area contributed by atoms with Crippen molar-refractivity contribution in [2.75, 3.05) is 5.73 Å². The van der Waals surface area contributed by atoms with Crippen molar-refractivity contribution in [2.24, 2.45) is 0 Å². The van der Waals surface area contributed by atoms with Crippen molar-refractivity contribution >= 4 is 11.8 Å². The van der Waals surface area contributed by atoms with Crippen molar-refractivity contribution < 1.29 is 14.6 Å². The number of hydrogen-bond acceptors (Lipinski definition) is 4. The fraction of sp³-hybridized carbons (Fsp3) is 0.500. The van der Waals surface area contributed by atoms with Gasteiger partial charge in [-0.15, -0.1) is 0 Å². The average molecular weight is 266 g/mol. The van der Waals surface area contributed by atoms with Gasteiger partial charge < -0.3 is 20.9 Å². The fourth-order valence-corrected chi connectivity index (χ4v) is 1.57. The lowest BCUT2D eigenvalue weighted by atomic mass is 9.94. The maximum atomic E-state index is 11.8. The second-order valence-corrected chi connectivity index (χ2v) is 6.03. The molecule has 0 bridgehead atoms. The zero-order valence-corrected chi connectivity index (χ0v) is 12.1. The van der Waals surface area contributed by atoms with Crippen LogP contribution >= 0.6 is 0 Å². The number of alkyl carbamates (subject to hydrolysis) is 1. The molecule has 0 aromatic heterocycles. The third kappa shape index (κ3) is 4.35. The molecule has 0 saturated carbocycles. The molecule has 0 spiro atoms. The number of phenolic OH excluding ortho intramolecular Hbond substituents is 1. The zero-order chi connectivity index (χ0) is 14.8. The molecule has 0 heterocycles. The van der Waals surface area contributed by atoms with E-state index in [9.17, 15) is 9.90 Å². The van der Waals surface area contributed by atoms with E-state index in [4.69, 9.17) is 10.5 Å². The summed E-state index contributed by atoms with van der Waals surface area (Å²) >= 11 is 0. The van der Waals surface area contributed by atoms with Crippen LogP contribution in [0.2, 0.25) is 0 Å². The molecule has 5 heteroatoms. The molecule has 0 saturated heterocycles. The van der Waals surface area contributed by atoms with Gasteiger partial charge in [0.15, 0.2) is 0 Å². The minimum absolute atomic E-state index is 0.0248. The largest absolute Gasteiger partial charge is 0.506 e. The van der Waals surface area contributed by atoms with Gasteiger partial charge in [0.1, 0.15) is 11.4 Å². The van der Waals surface area contributed by atoms with E-state index >= 15 is 0 Å². The highest BCUT2D eigenvalue weighted by Gasteiger charge is 2.26. The van der Waals surface area contributed by atoms with Gasteiger partial charge in [-0.1, -0.05) is 6.07 Å². The molecule has 0 atom stereocenters. The summed E-state index contributed by atoms with van der Waals surface area (Å²) in [5.74, 6) is 0.0248. The number of nitrogen functional groups attached to an aromatic ring is 1. The van der Waals surface area contributed by atoms with Gasteiger partial charge in [0.2, 0.25) is 0 Å². The zero-order valence-electron chi connectivity index (χ0n) is 12.1. The van der Waals surface area contributed by atoms with E-state index in [0.29, 0.717) is 0 Å². The number of carbonyl (C=O) groups is 1. The highest BCUT2D eigenvalue weighted by Crippen LogP contribution is 2.27. The summed E-state index contributed by atoms with van der Waals surface area (Å²) in [4.78, 5) is 11.8. The van der Waals surface area contributed by atoms with Crippen LogP contribution in [0.15, 0.2) is 18.2 Å². The molecule has 0 fully saturated rings. The van der Waals surface area contributed by atoms with Gasteiger partial charge in [0, 0.05) is 0 Å². The molecule has 0 aliphatic heterocycles. The Morgan fingerprint density at radius 3 is 2.32 bits per heavy atom. The molecule has 5 nitrogen and oxygen atoms in total. The first-order chi connectivity index (χ1) is 8.51. The highest BCUT2D eigenvalue weighted by molar-refractivity contribution is 5.69. The molecule has 19 heavy (non-hydrogen) atoms. The Morgan fingerprint density at radius 1 is 1.26 bits per heavy atom. The number of anilines is 1. The van der Waals surface area contributed by atoms with Crippen LogP contribution in [0.1, 0.15) is 40.2 Å². The Morgan fingerprint density at radius 2 is 1.84 bits per heavy atom. The van der Waals surface area contributed by atoms with E-state index in [1.165, 1.54) is 6.07 Å². The Kier molecular flexibility index (Phi) is 3.98. The standard InChI is InChI=1S/C14H22N2O3/c1-13(2,3)19-12(18)16-14(4,5)9-6-7-11(17)10(15)8-9/h6-8,17H,15H2,1-5H3,(H,16,18). The van der Waals surface area contributed by atoms with E-state index in [1.807, 2.05) is 13.8 Å². The molecule has 0 unspecified atom stereocenters. The molecule has 0 aliphatic rings. The van der Waals surface area contributed by atoms with Crippen molar-refractivity contribution in [3.8, 4) is 5.75 Å². The lowest BCUT2D eigenvalue weighted by Gasteiger charge is -2.29. The topological polar surface area (TPSA) is 84.6 Å². The molecule has 106 valence electrons. The minimum Gasteiger partial charge on any atom is -0.506 e. The normalized spacial score (nSPS) is 12.1. The van der Waals surface area contributed by atoms with Crippen LogP contribution in [0.4, 0.5) is 10.5 Å². The quantitative estimate of drug-likeness (QED) is 0.567. The van der Waals surface area contributed by atoms with Crippen LogP contribution in [0.3, 0.4) is 0 Å². The second-order valence-electron chi connectivity index (χ2n) is 6.03. The van der Waals surface area contributed by atoms with Crippen molar-refractivity contribution in [2.45, 2.75) is 45.8 Å². The molecule has 1 aromatic carbocycles. The fourth-order valence-electron chi connectivity index (χ4n) is 1.57. The number of hydrogen-bond donors (Lipinski definition) is 3. The van der Waals surface area contributed by atoms with Gasteiger partial charge in [-0.3, -0.25) is 0 Å². The van der Waals surface area contributed by atoms with Gasteiger partial charge >= 0.3 is 6.09 Å². The first kappa shape index (κ1) is 15.1. The molecule has 0 aliphatic carbocycles. The predicted octanol–water partition coefficient (Wildman–Crippen LogP) is 2.73. The molecule has 1 aromatic rings.